The molecule has 0 unspecified atom stereocenters. The van der Waals surface area contributed by atoms with Crippen LogP contribution in [-0.2, 0) is 21.3 Å². The van der Waals surface area contributed by atoms with Gasteiger partial charge in [-0.3, -0.25) is 4.68 Å². The van der Waals surface area contributed by atoms with Crippen LogP contribution in [0.2, 0.25) is 5.02 Å². The van der Waals surface area contributed by atoms with Gasteiger partial charge in [0.1, 0.15) is 11.5 Å². The number of sulfonamides is 1. The lowest BCUT2D eigenvalue weighted by Gasteiger charge is -2.36. The van der Waals surface area contributed by atoms with Crippen LogP contribution in [0.1, 0.15) is 19.3 Å². The van der Waals surface area contributed by atoms with Gasteiger partial charge in [-0.2, -0.15) is 0 Å². The monoisotopic (exact) mass is 494 g/mol. The standard InChI is InChI=1S/C22H24ClFN4O4S/c23-16-4-7-19(8-5-16)33(30,31)26-20-9-6-18(32-22(20)14-29)10-11-28-13-21(25-27-28)15-2-1-3-17(24)12-15/h1-5,7-8,12-13,18,20,22,26,29H,6,9-11,14H2/t18-,20-,22+/m1/s1. The molecule has 1 aromatic heterocycles. The first-order chi connectivity index (χ1) is 15.8. The maximum Gasteiger partial charge on any atom is 0.240 e. The van der Waals surface area contributed by atoms with Crippen molar-refractivity contribution >= 4 is 21.6 Å². The summed E-state index contributed by atoms with van der Waals surface area (Å²) in [6.45, 7) is 0.212. The first kappa shape index (κ1) is 23.8. The molecule has 1 aliphatic rings. The Morgan fingerprint density at radius 1 is 1.21 bits per heavy atom. The Hall–Kier alpha value is -2.37. The zero-order valence-corrected chi connectivity index (χ0v) is 19.2. The predicted octanol–water partition coefficient (Wildman–Crippen LogP) is 3.01. The van der Waals surface area contributed by atoms with Crippen LogP contribution in [0.25, 0.3) is 11.3 Å². The molecule has 2 heterocycles. The summed E-state index contributed by atoms with van der Waals surface area (Å²) in [4.78, 5) is 0.103. The number of hydrogen-bond donors (Lipinski definition) is 2. The van der Waals surface area contributed by atoms with E-state index in [2.05, 4.69) is 15.0 Å². The van der Waals surface area contributed by atoms with Crippen molar-refractivity contribution < 1.29 is 22.7 Å². The topological polar surface area (TPSA) is 106 Å². The number of aliphatic hydroxyl groups is 1. The molecule has 1 fully saturated rings. The second-order valence-electron chi connectivity index (χ2n) is 7.90. The van der Waals surface area contributed by atoms with E-state index in [1.165, 1.54) is 36.4 Å². The summed E-state index contributed by atoms with van der Waals surface area (Å²) in [5.74, 6) is -0.339. The van der Waals surface area contributed by atoms with Crippen molar-refractivity contribution in [1.29, 1.82) is 0 Å². The molecule has 0 saturated carbocycles. The first-order valence-corrected chi connectivity index (χ1v) is 12.4. The van der Waals surface area contributed by atoms with E-state index in [0.717, 1.165) is 0 Å². The molecule has 0 spiro atoms. The molecule has 2 N–H and O–H groups in total. The van der Waals surface area contributed by atoms with Crippen LogP contribution in [0.3, 0.4) is 0 Å². The number of halogens is 2. The molecule has 11 heteroatoms. The Kier molecular flexibility index (Phi) is 7.40. The molecule has 0 aliphatic carbocycles. The van der Waals surface area contributed by atoms with Crippen LogP contribution >= 0.6 is 11.6 Å². The van der Waals surface area contributed by atoms with Gasteiger partial charge in [-0.1, -0.05) is 28.9 Å². The molecule has 0 bridgehead atoms. The molecule has 3 aromatic rings. The lowest BCUT2D eigenvalue weighted by atomic mass is 9.98. The number of aromatic nitrogens is 3. The maximum atomic E-state index is 13.4. The van der Waals surface area contributed by atoms with Crippen molar-refractivity contribution in [2.45, 2.75) is 49.0 Å². The van der Waals surface area contributed by atoms with Gasteiger partial charge in [0.05, 0.1) is 35.9 Å². The third-order valence-electron chi connectivity index (χ3n) is 5.57. The van der Waals surface area contributed by atoms with Crippen LogP contribution in [0.15, 0.2) is 59.6 Å². The highest BCUT2D eigenvalue weighted by Gasteiger charge is 2.34. The quantitative estimate of drug-likeness (QED) is 0.498. The Bertz CT molecular complexity index is 1190. The fraction of sp³-hybridized carbons (Fsp3) is 0.364. The van der Waals surface area contributed by atoms with E-state index in [-0.39, 0.29) is 23.4 Å². The van der Waals surface area contributed by atoms with E-state index < -0.39 is 22.2 Å². The van der Waals surface area contributed by atoms with E-state index in [9.17, 15) is 17.9 Å². The van der Waals surface area contributed by atoms with E-state index in [1.807, 2.05) is 0 Å². The average Bonchev–Trinajstić information content (AvgIpc) is 3.28. The van der Waals surface area contributed by atoms with E-state index >= 15 is 0 Å². The smallest absolute Gasteiger partial charge is 0.240 e. The van der Waals surface area contributed by atoms with Crippen molar-refractivity contribution in [2.24, 2.45) is 0 Å². The Balaban J connectivity index is 1.33. The molecule has 1 aliphatic heterocycles. The zero-order chi connectivity index (χ0) is 23.4. The lowest BCUT2D eigenvalue weighted by Crippen LogP contribution is -2.50. The van der Waals surface area contributed by atoms with E-state index in [0.29, 0.717) is 42.1 Å². The molecule has 0 amide bonds. The van der Waals surface area contributed by atoms with Gasteiger partial charge in [-0.05, 0) is 55.7 Å². The summed E-state index contributed by atoms with van der Waals surface area (Å²) >= 11 is 5.83. The number of nitrogens with one attached hydrogen (secondary N) is 1. The van der Waals surface area contributed by atoms with Gasteiger partial charge in [-0.15, -0.1) is 5.10 Å². The second kappa shape index (κ2) is 10.3. The van der Waals surface area contributed by atoms with Crippen LogP contribution in [0, 0.1) is 5.82 Å². The molecule has 8 nitrogen and oxygen atoms in total. The van der Waals surface area contributed by atoms with Crippen molar-refractivity contribution in [3.63, 3.8) is 0 Å². The van der Waals surface area contributed by atoms with Gasteiger partial charge < -0.3 is 9.84 Å². The highest BCUT2D eigenvalue weighted by Crippen LogP contribution is 2.25. The van der Waals surface area contributed by atoms with Gasteiger partial charge in [0.15, 0.2) is 0 Å². The van der Waals surface area contributed by atoms with E-state index in [4.69, 9.17) is 16.3 Å². The Labute approximate surface area is 196 Å². The number of rotatable bonds is 8. The minimum Gasteiger partial charge on any atom is -0.394 e. The van der Waals surface area contributed by atoms with Crippen molar-refractivity contribution in [2.75, 3.05) is 6.61 Å². The summed E-state index contributed by atoms with van der Waals surface area (Å²) in [6, 6.07) is 11.5. The van der Waals surface area contributed by atoms with Crippen molar-refractivity contribution in [3.05, 3.63) is 65.6 Å². The molecule has 1 saturated heterocycles. The number of nitrogens with zero attached hydrogens (tertiary/aromatic N) is 3. The summed E-state index contributed by atoms with van der Waals surface area (Å²) in [7, 11) is -3.77. The summed E-state index contributed by atoms with van der Waals surface area (Å²) < 4.78 is 49.0. The van der Waals surface area contributed by atoms with Crippen LogP contribution < -0.4 is 4.72 Å². The zero-order valence-electron chi connectivity index (χ0n) is 17.6. The second-order valence-corrected chi connectivity index (χ2v) is 10.1. The number of hydrogen-bond acceptors (Lipinski definition) is 6. The minimum atomic E-state index is -3.77. The highest BCUT2D eigenvalue weighted by atomic mass is 35.5. The SMILES string of the molecule is O=S(=O)(N[C@@H]1CC[C@H](CCn2cc(-c3cccc(F)c3)nn2)O[C@H]1CO)c1ccc(Cl)cc1. The molecular formula is C22H24ClFN4O4S. The molecule has 176 valence electrons. The summed E-state index contributed by atoms with van der Waals surface area (Å²) in [5, 5.41) is 18.4. The summed E-state index contributed by atoms with van der Waals surface area (Å²) in [5.41, 5.74) is 1.22. The fourth-order valence-corrected chi connectivity index (χ4v) is 5.25. The molecule has 0 radical (unpaired) electrons. The average molecular weight is 495 g/mol. The van der Waals surface area contributed by atoms with Crippen LogP contribution in [0.4, 0.5) is 4.39 Å². The van der Waals surface area contributed by atoms with Crippen molar-refractivity contribution in [3.8, 4) is 11.3 Å². The highest BCUT2D eigenvalue weighted by molar-refractivity contribution is 7.89. The number of aliphatic hydroxyl groups excluding tert-OH is 1. The summed E-state index contributed by atoms with van der Waals surface area (Å²) in [6.07, 6.45) is 2.66. The fourth-order valence-electron chi connectivity index (χ4n) is 3.82. The van der Waals surface area contributed by atoms with Gasteiger partial charge >= 0.3 is 0 Å². The Morgan fingerprint density at radius 3 is 2.73 bits per heavy atom. The first-order valence-electron chi connectivity index (χ1n) is 10.5. The lowest BCUT2D eigenvalue weighted by molar-refractivity contribution is -0.0891. The number of benzene rings is 2. The number of ether oxygens (including phenoxy) is 1. The molecular weight excluding hydrogens is 471 g/mol. The third-order valence-corrected chi connectivity index (χ3v) is 7.32. The predicted molar refractivity (Wildman–Crippen MR) is 121 cm³/mol. The molecule has 3 atom stereocenters. The third kappa shape index (κ3) is 5.96. The molecule has 4 rings (SSSR count). The number of aryl methyl sites for hydroxylation is 1. The molecule has 33 heavy (non-hydrogen) atoms. The van der Waals surface area contributed by atoms with Crippen LogP contribution in [0.5, 0.6) is 0 Å². The van der Waals surface area contributed by atoms with Gasteiger partial charge in [0.2, 0.25) is 10.0 Å². The normalized spacial score (nSPS) is 21.2. The largest absolute Gasteiger partial charge is 0.394 e. The Morgan fingerprint density at radius 2 is 2.00 bits per heavy atom. The van der Waals surface area contributed by atoms with E-state index in [1.54, 1.807) is 23.0 Å². The van der Waals surface area contributed by atoms with Crippen molar-refractivity contribution in [1.82, 2.24) is 19.7 Å². The van der Waals surface area contributed by atoms with Crippen LogP contribution in [-0.4, -0.2) is 53.4 Å². The maximum absolute atomic E-state index is 13.4. The van der Waals surface area contributed by atoms with Gasteiger partial charge in [0.25, 0.3) is 0 Å². The minimum absolute atomic E-state index is 0.103. The molecule has 2 aromatic carbocycles. The van der Waals surface area contributed by atoms with Gasteiger partial charge in [0, 0.05) is 17.1 Å². The van der Waals surface area contributed by atoms with Gasteiger partial charge in [-0.25, -0.2) is 17.5 Å².